The van der Waals surface area contributed by atoms with Crippen LogP contribution >= 0.6 is 0 Å². The van der Waals surface area contributed by atoms with Gasteiger partial charge in [-0.1, -0.05) is 0 Å². The van der Waals surface area contributed by atoms with E-state index in [1.807, 2.05) is 12.1 Å². The molecule has 1 aromatic heterocycles. The Labute approximate surface area is 130 Å². The zero-order chi connectivity index (χ0) is 15.5. The Morgan fingerprint density at radius 2 is 2.27 bits per heavy atom. The monoisotopic (exact) mass is 302 g/mol. The molecule has 2 aliphatic rings. The van der Waals surface area contributed by atoms with Gasteiger partial charge in [0.2, 0.25) is 5.91 Å². The predicted molar refractivity (Wildman–Crippen MR) is 83.5 cm³/mol. The third-order valence-electron chi connectivity index (χ3n) is 4.27. The van der Waals surface area contributed by atoms with Gasteiger partial charge in [0.15, 0.2) is 0 Å². The largest absolute Gasteiger partial charge is 0.328 e. The summed E-state index contributed by atoms with van der Waals surface area (Å²) in [6.07, 6.45) is 7.34. The standard InChI is InChI=1S/C16H22N4O2/c1-19(11-12-6-7-12)16(22)18-14-5-3-9-20(15(14)21)13-4-2-8-17-10-13/h2,4,8,10,12,14H,3,5-7,9,11H2,1H3,(H,18,22)/t14-/m0/s1. The lowest BCUT2D eigenvalue weighted by Crippen LogP contribution is -2.54. The molecule has 0 radical (unpaired) electrons. The Bertz CT molecular complexity index is 544. The fourth-order valence-electron chi connectivity index (χ4n) is 2.81. The molecule has 3 rings (SSSR count). The van der Waals surface area contributed by atoms with E-state index in [-0.39, 0.29) is 11.9 Å². The first kappa shape index (κ1) is 14.8. The minimum Gasteiger partial charge on any atom is -0.328 e. The third-order valence-corrected chi connectivity index (χ3v) is 4.27. The number of pyridine rings is 1. The average molecular weight is 302 g/mol. The normalized spacial score (nSPS) is 21.6. The number of piperidine rings is 1. The number of nitrogens with one attached hydrogen (secondary N) is 1. The highest BCUT2D eigenvalue weighted by molar-refractivity contribution is 5.99. The van der Waals surface area contributed by atoms with Crippen molar-refractivity contribution < 1.29 is 9.59 Å². The van der Waals surface area contributed by atoms with Crippen molar-refractivity contribution in [2.45, 2.75) is 31.7 Å². The molecule has 118 valence electrons. The Hall–Kier alpha value is -2.11. The van der Waals surface area contributed by atoms with E-state index in [4.69, 9.17) is 0 Å². The van der Waals surface area contributed by atoms with Gasteiger partial charge in [0, 0.05) is 26.3 Å². The van der Waals surface area contributed by atoms with Crippen LogP contribution < -0.4 is 10.2 Å². The van der Waals surface area contributed by atoms with Crippen LogP contribution in [0, 0.1) is 5.92 Å². The van der Waals surface area contributed by atoms with Crippen LogP contribution in [0.1, 0.15) is 25.7 Å². The van der Waals surface area contributed by atoms with Crippen LogP contribution in [-0.2, 0) is 4.79 Å². The molecule has 1 aliphatic heterocycles. The lowest BCUT2D eigenvalue weighted by atomic mass is 10.0. The van der Waals surface area contributed by atoms with E-state index in [0.717, 1.165) is 18.7 Å². The number of aromatic nitrogens is 1. The summed E-state index contributed by atoms with van der Waals surface area (Å²) in [5.41, 5.74) is 0.790. The highest BCUT2D eigenvalue weighted by Crippen LogP contribution is 2.29. The predicted octanol–water partition coefficient (Wildman–Crippen LogP) is 1.63. The van der Waals surface area contributed by atoms with Gasteiger partial charge in [0.1, 0.15) is 6.04 Å². The van der Waals surface area contributed by atoms with E-state index in [1.54, 1.807) is 29.2 Å². The van der Waals surface area contributed by atoms with Crippen molar-refractivity contribution in [1.82, 2.24) is 15.2 Å². The minimum absolute atomic E-state index is 0.0487. The number of carbonyl (C=O) groups is 2. The molecule has 3 amide bonds. The molecule has 0 unspecified atom stereocenters. The van der Waals surface area contributed by atoms with Gasteiger partial charge >= 0.3 is 6.03 Å². The van der Waals surface area contributed by atoms with Crippen molar-refractivity contribution in [3.63, 3.8) is 0 Å². The van der Waals surface area contributed by atoms with E-state index in [9.17, 15) is 9.59 Å². The molecule has 22 heavy (non-hydrogen) atoms. The van der Waals surface area contributed by atoms with Crippen LogP contribution in [0.3, 0.4) is 0 Å². The zero-order valence-corrected chi connectivity index (χ0v) is 12.9. The summed E-state index contributed by atoms with van der Waals surface area (Å²) in [6, 6.07) is 3.09. The quantitative estimate of drug-likeness (QED) is 0.919. The first-order chi connectivity index (χ1) is 10.6. The summed E-state index contributed by atoms with van der Waals surface area (Å²) in [7, 11) is 1.79. The van der Waals surface area contributed by atoms with E-state index in [2.05, 4.69) is 10.3 Å². The molecule has 1 aromatic rings. The number of carbonyl (C=O) groups excluding carboxylic acids is 2. The second-order valence-electron chi connectivity index (χ2n) is 6.17. The van der Waals surface area contributed by atoms with Crippen molar-refractivity contribution in [2.24, 2.45) is 5.92 Å². The highest BCUT2D eigenvalue weighted by atomic mass is 16.2. The van der Waals surface area contributed by atoms with E-state index in [1.165, 1.54) is 12.8 Å². The number of nitrogens with zero attached hydrogens (tertiary/aromatic N) is 3. The van der Waals surface area contributed by atoms with Crippen LogP contribution in [0.25, 0.3) is 0 Å². The number of urea groups is 1. The second kappa shape index (κ2) is 6.34. The summed E-state index contributed by atoms with van der Waals surface area (Å²) < 4.78 is 0. The van der Waals surface area contributed by atoms with Crippen LogP contribution in [0.2, 0.25) is 0 Å². The molecule has 1 N–H and O–H groups in total. The molecule has 2 heterocycles. The average Bonchev–Trinajstić information content (AvgIpc) is 3.34. The molecular weight excluding hydrogens is 280 g/mol. The van der Waals surface area contributed by atoms with Gasteiger partial charge < -0.3 is 15.1 Å². The van der Waals surface area contributed by atoms with Crippen LogP contribution in [0.4, 0.5) is 10.5 Å². The molecule has 0 spiro atoms. The van der Waals surface area contributed by atoms with Crippen molar-refractivity contribution in [3.05, 3.63) is 24.5 Å². The van der Waals surface area contributed by atoms with Gasteiger partial charge in [0.05, 0.1) is 11.9 Å². The van der Waals surface area contributed by atoms with Crippen molar-refractivity contribution in [3.8, 4) is 0 Å². The van der Waals surface area contributed by atoms with Crippen LogP contribution in [0.5, 0.6) is 0 Å². The second-order valence-corrected chi connectivity index (χ2v) is 6.17. The molecule has 2 fully saturated rings. The molecule has 1 atom stereocenters. The molecule has 0 aromatic carbocycles. The minimum atomic E-state index is -0.442. The van der Waals surface area contributed by atoms with Gasteiger partial charge in [-0.05, 0) is 43.7 Å². The molecule has 0 bridgehead atoms. The lowest BCUT2D eigenvalue weighted by molar-refractivity contribution is -0.121. The smallest absolute Gasteiger partial charge is 0.317 e. The highest BCUT2D eigenvalue weighted by Gasteiger charge is 2.32. The SMILES string of the molecule is CN(CC1CC1)C(=O)N[C@H]1CCCN(c2cccnc2)C1=O. The van der Waals surface area contributed by atoms with Crippen LogP contribution in [0.15, 0.2) is 24.5 Å². The van der Waals surface area contributed by atoms with E-state index in [0.29, 0.717) is 18.9 Å². The van der Waals surface area contributed by atoms with Gasteiger partial charge in [-0.15, -0.1) is 0 Å². The Kier molecular flexibility index (Phi) is 4.27. The molecule has 1 aliphatic carbocycles. The summed E-state index contributed by atoms with van der Waals surface area (Å²) in [4.78, 5) is 32.2. The first-order valence-electron chi connectivity index (χ1n) is 7.88. The summed E-state index contributed by atoms with van der Waals surface area (Å²) >= 11 is 0. The Morgan fingerprint density at radius 1 is 1.45 bits per heavy atom. The maximum absolute atomic E-state index is 12.6. The topological polar surface area (TPSA) is 65.5 Å². The number of hydrogen-bond acceptors (Lipinski definition) is 3. The Morgan fingerprint density at radius 3 is 2.95 bits per heavy atom. The summed E-state index contributed by atoms with van der Waals surface area (Å²) in [6.45, 7) is 1.45. The maximum Gasteiger partial charge on any atom is 0.317 e. The van der Waals surface area contributed by atoms with Gasteiger partial charge in [-0.3, -0.25) is 9.78 Å². The van der Waals surface area contributed by atoms with Gasteiger partial charge in [-0.2, -0.15) is 0 Å². The molecule has 6 heteroatoms. The first-order valence-corrected chi connectivity index (χ1v) is 7.88. The molecule has 1 saturated heterocycles. The van der Waals surface area contributed by atoms with Crippen molar-refractivity contribution >= 4 is 17.6 Å². The van der Waals surface area contributed by atoms with Gasteiger partial charge in [-0.25, -0.2) is 4.79 Å². The summed E-state index contributed by atoms with van der Waals surface area (Å²) in [5.74, 6) is 0.595. The number of rotatable bonds is 4. The molecular formula is C16H22N4O2. The number of anilines is 1. The lowest BCUT2D eigenvalue weighted by Gasteiger charge is -2.33. The molecule has 1 saturated carbocycles. The zero-order valence-electron chi connectivity index (χ0n) is 12.9. The summed E-state index contributed by atoms with van der Waals surface area (Å²) in [5, 5.41) is 2.88. The fourth-order valence-corrected chi connectivity index (χ4v) is 2.81. The number of amides is 3. The molecule has 6 nitrogen and oxygen atoms in total. The van der Waals surface area contributed by atoms with Crippen molar-refractivity contribution in [2.75, 3.05) is 25.0 Å². The fraction of sp³-hybridized carbons (Fsp3) is 0.562. The maximum atomic E-state index is 12.6. The Balaban J connectivity index is 1.61. The third kappa shape index (κ3) is 3.37. The van der Waals surface area contributed by atoms with Crippen molar-refractivity contribution in [1.29, 1.82) is 0 Å². The number of hydrogen-bond donors (Lipinski definition) is 1. The van der Waals surface area contributed by atoms with E-state index >= 15 is 0 Å². The van der Waals surface area contributed by atoms with Crippen LogP contribution in [-0.4, -0.2) is 48.0 Å². The van der Waals surface area contributed by atoms with Gasteiger partial charge in [0.25, 0.3) is 0 Å². The van der Waals surface area contributed by atoms with E-state index < -0.39 is 6.04 Å².